The molecule has 1 fully saturated rings. The van der Waals surface area contributed by atoms with Crippen molar-refractivity contribution in [3.63, 3.8) is 0 Å². The third-order valence-corrected chi connectivity index (χ3v) is 5.69. The zero-order valence-corrected chi connectivity index (χ0v) is 21.7. The number of guanidine groups is 1. The summed E-state index contributed by atoms with van der Waals surface area (Å²) < 4.78 is 7.98. The van der Waals surface area contributed by atoms with Gasteiger partial charge in [0.15, 0.2) is 11.8 Å². The maximum Gasteiger partial charge on any atom is 0.192 e. The van der Waals surface area contributed by atoms with Crippen molar-refractivity contribution >= 4 is 29.9 Å². The van der Waals surface area contributed by atoms with E-state index in [-0.39, 0.29) is 30.0 Å². The van der Waals surface area contributed by atoms with Crippen LogP contribution in [-0.2, 0) is 18.3 Å². The number of nitrogens with one attached hydrogen (secondary N) is 2. The monoisotopic (exact) mass is 540 g/mol. The summed E-state index contributed by atoms with van der Waals surface area (Å²) in [5, 5.41) is 15.6. The first kappa shape index (κ1) is 25.6. The fraction of sp³-hybridized carbons (Fsp3) is 0.609. The van der Waals surface area contributed by atoms with E-state index >= 15 is 0 Å². The molecule has 0 bridgehead atoms. The van der Waals surface area contributed by atoms with Crippen molar-refractivity contribution in [1.29, 1.82) is 0 Å². The van der Waals surface area contributed by atoms with Crippen molar-refractivity contribution in [3.05, 3.63) is 47.5 Å². The third-order valence-electron chi connectivity index (χ3n) is 5.69. The molecule has 7 nitrogen and oxygen atoms in total. The lowest BCUT2D eigenvalue weighted by atomic mass is 9.93. The van der Waals surface area contributed by atoms with Crippen LogP contribution in [0.2, 0.25) is 0 Å². The van der Waals surface area contributed by atoms with Gasteiger partial charge in [-0.25, -0.2) is 4.99 Å². The van der Waals surface area contributed by atoms with Crippen LogP contribution in [0.4, 0.5) is 0 Å². The Kier molecular flexibility index (Phi) is 10.2. The zero-order chi connectivity index (χ0) is 21.5. The van der Waals surface area contributed by atoms with E-state index in [4.69, 9.17) is 9.73 Å². The first-order valence-corrected chi connectivity index (χ1v) is 11.0. The summed E-state index contributed by atoms with van der Waals surface area (Å²) in [6, 6.07) is 11.0. The first-order chi connectivity index (χ1) is 14.4. The number of rotatable bonds is 7. The molecule has 0 spiro atoms. The highest BCUT2D eigenvalue weighted by Gasteiger charge is 2.23. The fourth-order valence-electron chi connectivity index (χ4n) is 3.82. The molecule has 1 aliphatic carbocycles. The van der Waals surface area contributed by atoms with Crippen molar-refractivity contribution in [2.75, 3.05) is 0 Å². The molecule has 1 heterocycles. The predicted octanol–water partition coefficient (Wildman–Crippen LogP) is 4.27. The molecule has 0 saturated heterocycles. The van der Waals surface area contributed by atoms with Crippen LogP contribution >= 0.6 is 24.0 Å². The molecule has 0 radical (unpaired) electrons. The summed E-state index contributed by atoms with van der Waals surface area (Å²) in [6.07, 6.45) is 5.00. The predicted molar refractivity (Wildman–Crippen MR) is 136 cm³/mol. The lowest BCUT2D eigenvalue weighted by Crippen LogP contribution is -2.46. The SMILES string of the molecule is Cc1nnc(CN=C(NC2CCC(OC(C)C)CC2)NC(C)c2ccccc2)n1C.I. The van der Waals surface area contributed by atoms with Gasteiger partial charge >= 0.3 is 0 Å². The minimum Gasteiger partial charge on any atom is -0.376 e. The van der Waals surface area contributed by atoms with E-state index in [1.54, 1.807) is 0 Å². The second-order valence-electron chi connectivity index (χ2n) is 8.47. The van der Waals surface area contributed by atoms with Crippen LogP contribution in [0.3, 0.4) is 0 Å². The summed E-state index contributed by atoms with van der Waals surface area (Å²) in [5.41, 5.74) is 1.23. The molecule has 3 rings (SSSR count). The van der Waals surface area contributed by atoms with E-state index in [0.717, 1.165) is 43.3 Å². The van der Waals surface area contributed by atoms with Crippen molar-refractivity contribution in [1.82, 2.24) is 25.4 Å². The molecular formula is C23H37IN6O. The molecule has 0 amide bonds. The first-order valence-electron chi connectivity index (χ1n) is 11.0. The Balaban J connectivity index is 0.00000341. The molecule has 1 atom stereocenters. The number of ether oxygens (including phenoxy) is 1. The normalized spacial score (nSPS) is 20.3. The molecular weight excluding hydrogens is 503 g/mol. The number of aliphatic imine (C=N–C) groups is 1. The van der Waals surface area contributed by atoms with Crippen molar-refractivity contribution in [2.45, 2.75) is 84.2 Å². The molecule has 8 heteroatoms. The largest absolute Gasteiger partial charge is 0.376 e. The summed E-state index contributed by atoms with van der Waals surface area (Å²) in [7, 11) is 1.98. The number of hydrogen-bond donors (Lipinski definition) is 2. The van der Waals surface area contributed by atoms with Crippen LogP contribution in [0.1, 0.15) is 69.7 Å². The van der Waals surface area contributed by atoms with E-state index in [9.17, 15) is 0 Å². The van der Waals surface area contributed by atoms with Crippen LogP contribution in [-0.4, -0.2) is 39.0 Å². The Morgan fingerprint density at radius 1 is 1.13 bits per heavy atom. The van der Waals surface area contributed by atoms with Gasteiger partial charge < -0.3 is 19.9 Å². The van der Waals surface area contributed by atoms with Gasteiger partial charge in [-0.05, 0) is 58.9 Å². The molecule has 0 aliphatic heterocycles. The number of halogens is 1. The molecule has 1 aromatic heterocycles. The van der Waals surface area contributed by atoms with Gasteiger partial charge in [0, 0.05) is 13.1 Å². The molecule has 31 heavy (non-hydrogen) atoms. The molecule has 2 N–H and O–H groups in total. The Morgan fingerprint density at radius 2 is 1.81 bits per heavy atom. The Bertz CT molecular complexity index is 815. The van der Waals surface area contributed by atoms with Crippen LogP contribution in [0.25, 0.3) is 0 Å². The fourth-order valence-corrected chi connectivity index (χ4v) is 3.82. The third kappa shape index (κ3) is 7.75. The molecule has 172 valence electrons. The summed E-state index contributed by atoms with van der Waals surface area (Å²) >= 11 is 0. The minimum atomic E-state index is 0. The Hall–Kier alpha value is -1.68. The summed E-state index contributed by atoms with van der Waals surface area (Å²) in [6.45, 7) is 8.81. The van der Waals surface area contributed by atoms with E-state index in [1.807, 2.05) is 24.6 Å². The second kappa shape index (κ2) is 12.4. The smallest absolute Gasteiger partial charge is 0.192 e. The Labute approximate surface area is 203 Å². The maximum absolute atomic E-state index is 6.00. The topological polar surface area (TPSA) is 76.4 Å². The van der Waals surface area contributed by atoms with E-state index in [2.05, 4.69) is 65.9 Å². The minimum absolute atomic E-state index is 0. The van der Waals surface area contributed by atoms with Crippen LogP contribution in [0, 0.1) is 6.92 Å². The zero-order valence-electron chi connectivity index (χ0n) is 19.3. The summed E-state index contributed by atoms with van der Waals surface area (Å²) in [5.74, 6) is 2.57. The van der Waals surface area contributed by atoms with E-state index < -0.39 is 0 Å². The lowest BCUT2D eigenvalue weighted by molar-refractivity contribution is -0.0152. The van der Waals surface area contributed by atoms with Gasteiger partial charge in [0.2, 0.25) is 0 Å². The highest BCUT2D eigenvalue weighted by Crippen LogP contribution is 2.22. The quantitative estimate of drug-likeness (QED) is 0.312. The van der Waals surface area contributed by atoms with E-state index in [1.165, 1.54) is 5.56 Å². The Morgan fingerprint density at radius 3 is 2.39 bits per heavy atom. The standard InChI is InChI=1S/C23H36N6O.HI/c1-16(2)30-21-13-11-20(12-14-21)26-23(24-15-22-28-27-18(4)29(22)5)25-17(3)19-9-7-6-8-10-19;/h6-10,16-17,20-21H,11-15H2,1-5H3,(H2,24,25,26);1H. The average Bonchev–Trinajstić information content (AvgIpc) is 3.05. The number of aryl methyl sites for hydroxylation is 1. The van der Waals surface area contributed by atoms with Gasteiger partial charge in [-0.15, -0.1) is 34.2 Å². The van der Waals surface area contributed by atoms with Gasteiger partial charge in [-0.1, -0.05) is 30.3 Å². The number of aromatic nitrogens is 3. The average molecular weight is 540 g/mol. The van der Waals surface area contributed by atoms with Crippen LogP contribution in [0.15, 0.2) is 35.3 Å². The molecule has 1 saturated carbocycles. The number of nitrogens with zero attached hydrogens (tertiary/aromatic N) is 4. The van der Waals surface area contributed by atoms with Crippen LogP contribution < -0.4 is 10.6 Å². The maximum atomic E-state index is 6.00. The molecule has 1 unspecified atom stereocenters. The van der Waals surface area contributed by atoms with Gasteiger partial charge in [-0.2, -0.15) is 0 Å². The number of benzene rings is 1. The van der Waals surface area contributed by atoms with Gasteiger partial charge in [0.05, 0.1) is 18.2 Å². The highest BCUT2D eigenvalue weighted by molar-refractivity contribution is 14.0. The lowest BCUT2D eigenvalue weighted by Gasteiger charge is -2.31. The number of hydrogen-bond acceptors (Lipinski definition) is 4. The molecule has 2 aromatic rings. The van der Waals surface area contributed by atoms with Crippen molar-refractivity contribution < 1.29 is 4.74 Å². The molecule has 1 aromatic carbocycles. The molecule has 1 aliphatic rings. The van der Waals surface area contributed by atoms with Crippen molar-refractivity contribution in [3.8, 4) is 0 Å². The second-order valence-corrected chi connectivity index (χ2v) is 8.47. The highest BCUT2D eigenvalue weighted by atomic mass is 127. The van der Waals surface area contributed by atoms with Gasteiger partial charge in [-0.3, -0.25) is 0 Å². The van der Waals surface area contributed by atoms with E-state index in [0.29, 0.717) is 24.8 Å². The van der Waals surface area contributed by atoms with Gasteiger partial charge in [0.1, 0.15) is 12.4 Å². The summed E-state index contributed by atoms with van der Waals surface area (Å²) in [4.78, 5) is 4.83. The van der Waals surface area contributed by atoms with Gasteiger partial charge in [0.25, 0.3) is 0 Å². The van der Waals surface area contributed by atoms with Crippen LogP contribution in [0.5, 0.6) is 0 Å². The van der Waals surface area contributed by atoms with Crippen molar-refractivity contribution in [2.24, 2.45) is 12.0 Å².